The molecule has 2 nitrogen and oxygen atoms in total. The lowest BCUT2D eigenvalue weighted by Crippen LogP contribution is -2.13. The summed E-state index contributed by atoms with van der Waals surface area (Å²) >= 11 is 3.43. The Morgan fingerprint density at radius 2 is 1.56 bits per heavy atom. The fourth-order valence-corrected chi connectivity index (χ4v) is 5.16. The second-order valence-electron chi connectivity index (χ2n) is 5.55. The number of carbonyl (C=O) groups excluding carboxylic acids is 2. The molecule has 0 saturated heterocycles. The molecule has 0 heterocycles. The Kier molecular flexibility index (Phi) is 5.19. The number of hydrogen-bond acceptors (Lipinski definition) is 4. The maximum Gasteiger partial charge on any atom is 0.192 e. The van der Waals surface area contributed by atoms with Crippen molar-refractivity contribution in [3.63, 3.8) is 0 Å². The van der Waals surface area contributed by atoms with Crippen LogP contribution in [0.2, 0.25) is 0 Å². The molecule has 0 N–H and O–H groups in total. The number of carbonyl (C=O) groups is 2. The van der Waals surface area contributed by atoms with Gasteiger partial charge in [-0.1, -0.05) is 11.8 Å². The standard InChI is InChI=1S/C14H22O2S2/c1-9(15)10-3-6-13(7-10)18-14(16)11-4-5-12(8-11)17-2/h10-13H,3-8H2,1-2H3/t10-,11-,12+,13+/m1/s1. The molecule has 4 atom stereocenters. The van der Waals surface area contributed by atoms with Crippen molar-refractivity contribution in [2.75, 3.05) is 6.26 Å². The first-order valence-electron chi connectivity index (χ1n) is 6.84. The van der Waals surface area contributed by atoms with Crippen molar-refractivity contribution < 1.29 is 9.59 Å². The topological polar surface area (TPSA) is 34.1 Å². The number of rotatable bonds is 4. The molecule has 2 saturated carbocycles. The lowest BCUT2D eigenvalue weighted by Gasteiger charge is -2.12. The SMILES string of the molecule is CS[C@H]1CC[C@@H](C(=O)S[C@H]2CC[C@@H](C(C)=O)C2)C1. The number of thioether (sulfide) groups is 2. The minimum atomic E-state index is 0.220. The zero-order valence-electron chi connectivity index (χ0n) is 11.2. The molecule has 0 spiro atoms. The summed E-state index contributed by atoms with van der Waals surface area (Å²) in [6.07, 6.45) is 8.41. The molecular weight excluding hydrogens is 264 g/mol. The Labute approximate surface area is 118 Å². The van der Waals surface area contributed by atoms with Crippen molar-refractivity contribution in [3.8, 4) is 0 Å². The summed E-state index contributed by atoms with van der Waals surface area (Å²) in [6.45, 7) is 1.68. The van der Waals surface area contributed by atoms with E-state index in [0.29, 0.717) is 21.4 Å². The van der Waals surface area contributed by atoms with Crippen LogP contribution in [-0.2, 0) is 9.59 Å². The fourth-order valence-electron chi connectivity index (χ4n) is 3.05. The molecule has 0 radical (unpaired) electrons. The Hall–Kier alpha value is 0.0400. The summed E-state index contributed by atoms with van der Waals surface area (Å²) < 4.78 is 0. The molecule has 18 heavy (non-hydrogen) atoms. The average molecular weight is 286 g/mol. The van der Waals surface area contributed by atoms with Crippen LogP contribution in [0.1, 0.15) is 45.4 Å². The Morgan fingerprint density at radius 1 is 0.944 bits per heavy atom. The van der Waals surface area contributed by atoms with Crippen LogP contribution in [0, 0.1) is 11.8 Å². The van der Waals surface area contributed by atoms with Crippen molar-refractivity contribution in [1.29, 1.82) is 0 Å². The highest BCUT2D eigenvalue weighted by atomic mass is 32.2. The maximum atomic E-state index is 12.2. The van der Waals surface area contributed by atoms with Crippen LogP contribution in [0.15, 0.2) is 0 Å². The first-order chi connectivity index (χ1) is 8.60. The van der Waals surface area contributed by atoms with E-state index in [2.05, 4.69) is 6.26 Å². The van der Waals surface area contributed by atoms with E-state index in [-0.39, 0.29) is 11.8 Å². The van der Waals surface area contributed by atoms with Gasteiger partial charge in [0.05, 0.1) is 0 Å². The van der Waals surface area contributed by atoms with Gasteiger partial charge in [0.15, 0.2) is 5.12 Å². The van der Waals surface area contributed by atoms with E-state index in [1.807, 2.05) is 11.8 Å². The molecule has 0 aliphatic heterocycles. The van der Waals surface area contributed by atoms with E-state index in [1.165, 1.54) is 18.2 Å². The van der Waals surface area contributed by atoms with E-state index in [4.69, 9.17) is 0 Å². The highest BCUT2D eigenvalue weighted by Crippen LogP contribution is 2.40. The van der Waals surface area contributed by atoms with Gasteiger partial charge in [0.2, 0.25) is 0 Å². The second kappa shape index (κ2) is 6.47. The first kappa shape index (κ1) is 14.4. The van der Waals surface area contributed by atoms with Crippen LogP contribution in [-0.4, -0.2) is 27.7 Å². The van der Waals surface area contributed by atoms with Crippen molar-refractivity contribution in [2.24, 2.45) is 11.8 Å². The first-order valence-corrected chi connectivity index (χ1v) is 9.00. The van der Waals surface area contributed by atoms with Gasteiger partial charge in [-0.3, -0.25) is 9.59 Å². The molecule has 2 rings (SSSR count). The monoisotopic (exact) mass is 286 g/mol. The van der Waals surface area contributed by atoms with E-state index in [1.54, 1.807) is 6.92 Å². The second-order valence-corrected chi connectivity index (χ2v) is 7.99. The molecular formula is C14H22O2S2. The molecule has 2 aliphatic carbocycles. The summed E-state index contributed by atoms with van der Waals surface area (Å²) in [4.78, 5) is 23.5. The third-order valence-corrected chi connectivity index (χ3v) is 6.72. The van der Waals surface area contributed by atoms with Crippen LogP contribution in [0.3, 0.4) is 0 Å². The predicted octanol–water partition coefficient (Wildman–Crippen LogP) is 3.54. The van der Waals surface area contributed by atoms with Gasteiger partial charge in [-0.05, 0) is 51.7 Å². The highest BCUT2D eigenvalue weighted by molar-refractivity contribution is 8.14. The summed E-state index contributed by atoms with van der Waals surface area (Å²) in [5, 5.41) is 1.48. The number of Topliss-reactive ketones (excluding diaryl/α,β-unsaturated/α-hetero) is 1. The van der Waals surface area contributed by atoms with Crippen molar-refractivity contribution in [2.45, 2.75) is 55.9 Å². The average Bonchev–Trinajstić information content (AvgIpc) is 2.96. The Bertz CT molecular complexity index is 330. The van der Waals surface area contributed by atoms with E-state index >= 15 is 0 Å². The quantitative estimate of drug-likeness (QED) is 0.791. The molecule has 2 aliphatic rings. The van der Waals surface area contributed by atoms with Crippen LogP contribution in [0.4, 0.5) is 0 Å². The van der Waals surface area contributed by atoms with Crippen LogP contribution in [0.25, 0.3) is 0 Å². The van der Waals surface area contributed by atoms with Gasteiger partial charge in [-0.2, -0.15) is 11.8 Å². The van der Waals surface area contributed by atoms with Crippen molar-refractivity contribution >= 4 is 34.4 Å². The van der Waals surface area contributed by atoms with Gasteiger partial charge >= 0.3 is 0 Å². The molecule has 102 valence electrons. The third kappa shape index (κ3) is 3.53. The molecule has 0 unspecified atom stereocenters. The molecule has 0 aromatic rings. The molecule has 0 amide bonds. The van der Waals surface area contributed by atoms with Gasteiger partial charge < -0.3 is 0 Å². The molecule has 2 fully saturated rings. The van der Waals surface area contributed by atoms with E-state index in [9.17, 15) is 9.59 Å². The summed E-state index contributed by atoms with van der Waals surface area (Å²) in [7, 11) is 0. The highest BCUT2D eigenvalue weighted by Gasteiger charge is 2.34. The lowest BCUT2D eigenvalue weighted by molar-refractivity contribution is -0.120. The number of ketones is 1. The molecule has 0 aromatic carbocycles. The Morgan fingerprint density at radius 3 is 2.11 bits per heavy atom. The maximum absolute atomic E-state index is 12.2. The minimum absolute atomic E-state index is 0.220. The molecule has 0 aromatic heterocycles. The zero-order chi connectivity index (χ0) is 13.1. The van der Waals surface area contributed by atoms with Crippen LogP contribution < -0.4 is 0 Å². The van der Waals surface area contributed by atoms with Gasteiger partial charge in [-0.15, -0.1) is 0 Å². The van der Waals surface area contributed by atoms with E-state index < -0.39 is 0 Å². The fraction of sp³-hybridized carbons (Fsp3) is 0.857. The summed E-state index contributed by atoms with van der Waals surface area (Å²) in [5.41, 5.74) is 0. The molecule has 4 heteroatoms. The van der Waals surface area contributed by atoms with Crippen molar-refractivity contribution in [3.05, 3.63) is 0 Å². The normalized spacial score (nSPS) is 35.9. The number of hydrogen-bond donors (Lipinski definition) is 0. The van der Waals surface area contributed by atoms with Gasteiger partial charge in [0, 0.05) is 22.3 Å². The molecule has 0 bridgehead atoms. The summed E-state index contributed by atoms with van der Waals surface area (Å²) in [6, 6.07) is 0. The largest absolute Gasteiger partial charge is 0.300 e. The smallest absolute Gasteiger partial charge is 0.192 e. The van der Waals surface area contributed by atoms with Crippen molar-refractivity contribution in [1.82, 2.24) is 0 Å². The van der Waals surface area contributed by atoms with Crippen LogP contribution >= 0.6 is 23.5 Å². The lowest BCUT2D eigenvalue weighted by atomic mass is 10.0. The van der Waals surface area contributed by atoms with E-state index in [0.717, 1.165) is 32.1 Å². The summed E-state index contributed by atoms with van der Waals surface area (Å²) in [5.74, 6) is 0.801. The minimum Gasteiger partial charge on any atom is -0.300 e. The predicted molar refractivity (Wildman–Crippen MR) is 79.1 cm³/mol. The van der Waals surface area contributed by atoms with Crippen LogP contribution in [0.5, 0.6) is 0 Å². The van der Waals surface area contributed by atoms with Gasteiger partial charge in [-0.25, -0.2) is 0 Å². The zero-order valence-corrected chi connectivity index (χ0v) is 12.8. The Balaban J connectivity index is 1.77. The van der Waals surface area contributed by atoms with Gasteiger partial charge in [0.25, 0.3) is 0 Å². The van der Waals surface area contributed by atoms with Gasteiger partial charge in [0.1, 0.15) is 5.78 Å². The third-order valence-electron chi connectivity index (χ3n) is 4.29.